The second kappa shape index (κ2) is 11.8. The molecule has 0 bridgehead atoms. The van der Waals surface area contributed by atoms with Crippen LogP contribution in [0.25, 0.3) is 0 Å². The van der Waals surface area contributed by atoms with E-state index in [1.165, 1.54) is 0 Å². The van der Waals surface area contributed by atoms with Gasteiger partial charge in [-0.15, -0.1) is 0 Å². The van der Waals surface area contributed by atoms with Gasteiger partial charge in [0.05, 0.1) is 0 Å². The molecule has 18 heavy (non-hydrogen) atoms. The Bertz CT molecular complexity index is 172. The summed E-state index contributed by atoms with van der Waals surface area (Å²) in [6.07, 6.45) is 3.18. The van der Waals surface area contributed by atoms with Gasteiger partial charge in [0.2, 0.25) is 0 Å². The van der Waals surface area contributed by atoms with E-state index in [0.717, 1.165) is 46.4 Å². The monoisotopic (exact) mass is 385 g/mol. The normalized spacial score (nSPS) is 13.8. The summed E-state index contributed by atoms with van der Waals surface area (Å²) in [4.78, 5) is 0. The van der Waals surface area contributed by atoms with Gasteiger partial charge in [0.25, 0.3) is 0 Å². The second-order valence-electron chi connectivity index (χ2n) is 4.76. The Hall–Kier alpha value is 1.03. The van der Waals surface area contributed by atoms with Gasteiger partial charge in [0.1, 0.15) is 0 Å². The predicted molar refractivity (Wildman–Crippen MR) is 84.3 cm³/mol. The molecule has 0 aromatic carbocycles. The fraction of sp³-hybridized carbons (Fsp3) is 1.00. The first-order valence-electron chi connectivity index (χ1n) is 7.21. The van der Waals surface area contributed by atoms with Crippen molar-refractivity contribution < 1.29 is 6.15 Å². The average Bonchev–Trinajstić information content (AvgIpc) is 2.37. The molecule has 0 aromatic heterocycles. The molecule has 0 radical (unpaired) electrons. The molecule has 0 spiro atoms. The van der Waals surface area contributed by atoms with Crippen molar-refractivity contribution in [3.8, 4) is 0 Å². The third-order valence-electron chi connectivity index (χ3n) is 2.65. The third kappa shape index (κ3) is 9.02. The Morgan fingerprint density at radius 3 is 2.06 bits per heavy atom. The molecule has 0 aliphatic carbocycles. The molecule has 0 aliphatic rings. The van der Waals surface area contributed by atoms with Crippen molar-refractivity contribution in [2.45, 2.75) is 57.4 Å². The zero-order valence-electron chi connectivity index (χ0n) is 12.5. The van der Waals surface area contributed by atoms with E-state index in [-0.39, 0.29) is 6.04 Å². The van der Waals surface area contributed by atoms with Gasteiger partial charge in [-0.3, -0.25) is 0 Å². The van der Waals surface area contributed by atoms with Crippen LogP contribution in [0.15, 0.2) is 0 Å². The van der Waals surface area contributed by atoms with Crippen molar-refractivity contribution in [2.24, 2.45) is 5.73 Å². The second-order valence-corrected chi connectivity index (χ2v) is 16.8. The molecule has 0 aromatic rings. The van der Waals surface area contributed by atoms with Crippen LogP contribution >= 0.6 is 11.8 Å². The van der Waals surface area contributed by atoms with Gasteiger partial charge >= 0.3 is 123 Å². The number of thioether (sulfide) groups is 1. The summed E-state index contributed by atoms with van der Waals surface area (Å²) in [7, 11) is 0. The van der Waals surface area contributed by atoms with Crippen LogP contribution in [0, 0.1) is 0 Å². The molecule has 0 fully saturated rings. The minimum atomic E-state index is -2.86. The molecule has 0 rings (SSSR count). The number of rotatable bonds is 12. The Balaban J connectivity index is 4.51. The van der Waals surface area contributed by atoms with Gasteiger partial charge in [0, 0.05) is 0 Å². The molecule has 0 saturated heterocycles. The quantitative estimate of drug-likeness (QED) is 0.525. The number of nitrogens with two attached hydrogens (primary N) is 1. The molecule has 1 atom stereocenters. The van der Waals surface area contributed by atoms with E-state index in [1.54, 1.807) is 0 Å². The van der Waals surface area contributed by atoms with Crippen LogP contribution in [0.2, 0.25) is 4.44 Å². The molecule has 110 valence electrons. The molecule has 3 nitrogen and oxygen atoms in total. The molecular formula is C13H31NO2SSn. The average molecular weight is 384 g/mol. The maximum atomic E-state index is 6.24. The summed E-state index contributed by atoms with van der Waals surface area (Å²) in [5.74, 6) is 1.14. The van der Waals surface area contributed by atoms with Gasteiger partial charge in [0.15, 0.2) is 0 Å². The van der Waals surface area contributed by atoms with Gasteiger partial charge in [-0.2, -0.15) is 0 Å². The van der Waals surface area contributed by atoms with Crippen molar-refractivity contribution in [1.29, 1.82) is 0 Å². The summed E-state index contributed by atoms with van der Waals surface area (Å²) in [6.45, 7) is 10.3. The topological polar surface area (TPSA) is 44.5 Å². The van der Waals surface area contributed by atoms with Crippen molar-refractivity contribution in [2.75, 3.05) is 22.7 Å². The fourth-order valence-corrected chi connectivity index (χ4v) is 16.4. The van der Waals surface area contributed by atoms with E-state index < -0.39 is 19.2 Å². The van der Waals surface area contributed by atoms with Crippen LogP contribution < -0.4 is 5.73 Å². The zero-order valence-corrected chi connectivity index (χ0v) is 16.2. The van der Waals surface area contributed by atoms with Gasteiger partial charge < -0.3 is 0 Å². The molecule has 1 unspecified atom stereocenters. The van der Waals surface area contributed by atoms with Crippen LogP contribution in [0.4, 0.5) is 0 Å². The van der Waals surface area contributed by atoms with Gasteiger partial charge in [-0.05, 0) is 0 Å². The molecule has 0 amide bonds. The minimum absolute atomic E-state index is 0.253. The first-order valence-corrected chi connectivity index (χ1v) is 14.7. The Labute approximate surface area is 123 Å². The first kappa shape index (κ1) is 19.0. The van der Waals surface area contributed by atoms with Crippen LogP contribution in [0.5, 0.6) is 0 Å². The van der Waals surface area contributed by atoms with E-state index in [1.807, 2.05) is 11.8 Å². The fourth-order valence-electron chi connectivity index (χ4n) is 1.62. The summed E-state index contributed by atoms with van der Waals surface area (Å²) in [5.41, 5.74) is 5.90. The van der Waals surface area contributed by atoms with Crippen molar-refractivity contribution in [1.82, 2.24) is 0 Å². The molecule has 0 aliphatic heterocycles. The zero-order chi connectivity index (χ0) is 13.9. The maximum absolute atomic E-state index is 6.24. The SMILES string of the molecule is CCC[O][Sn]([CH2]CC(C)N)([CH2]SCC)[O]CCC. The summed E-state index contributed by atoms with van der Waals surface area (Å²) >= 11 is -0.891. The van der Waals surface area contributed by atoms with Gasteiger partial charge in [-0.25, -0.2) is 0 Å². The van der Waals surface area contributed by atoms with Crippen molar-refractivity contribution in [3.05, 3.63) is 0 Å². The van der Waals surface area contributed by atoms with Crippen molar-refractivity contribution in [3.63, 3.8) is 0 Å². The van der Waals surface area contributed by atoms with Gasteiger partial charge in [-0.1, -0.05) is 0 Å². The van der Waals surface area contributed by atoms with E-state index in [2.05, 4.69) is 27.7 Å². The Morgan fingerprint density at radius 1 is 1.11 bits per heavy atom. The van der Waals surface area contributed by atoms with E-state index in [0.29, 0.717) is 0 Å². The number of hydrogen-bond donors (Lipinski definition) is 1. The van der Waals surface area contributed by atoms with E-state index in [9.17, 15) is 0 Å². The first-order chi connectivity index (χ1) is 8.60. The van der Waals surface area contributed by atoms with E-state index >= 15 is 0 Å². The summed E-state index contributed by atoms with van der Waals surface area (Å²) in [5, 5.41) is 0. The Morgan fingerprint density at radius 2 is 1.67 bits per heavy atom. The molecule has 0 saturated carbocycles. The predicted octanol–water partition coefficient (Wildman–Crippen LogP) is 3.31. The number of hydrogen-bond acceptors (Lipinski definition) is 4. The summed E-state index contributed by atoms with van der Waals surface area (Å²) in [6, 6.07) is 0.253. The van der Waals surface area contributed by atoms with Crippen molar-refractivity contribution >= 4 is 31.0 Å². The van der Waals surface area contributed by atoms with Crippen LogP contribution in [0.3, 0.4) is 0 Å². The molecular weight excluding hydrogens is 353 g/mol. The molecule has 2 N–H and O–H groups in total. The molecule has 5 heteroatoms. The third-order valence-corrected chi connectivity index (χ3v) is 16.4. The van der Waals surface area contributed by atoms with Crippen LogP contribution in [-0.2, 0) is 6.15 Å². The summed E-state index contributed by atoms with van der Waals surface area (Å²) < 4.78 is 14.7. The standard InChI is InChI=1S/C4H10N.2C3H7O.C3H7S.Sn/c1-3-4(2)5;2*1-2-3-4;1-3-4-2;/h4H,1,3,5H2,2H3;3*2-3H2,1H3;/q;2*-1;;+2. The van der Waals surface area contributed by atoms with Crippen LogP contribution in [-0.4, -0.2) is 48.0 Å². The van der Waals surface area contributed by atoms with Crippen LogP contribution in [0.1, 0.15) is 47.0 Å². The van der Waals surface area contributed by atoms with E-state index in [4.69, 9.17) is 11.9 Å². The Kier molecular flexibility index (Phi) is 12.5. The molecule has 0 heterocycles.